The lowest BCUT2D eigenvalue weighted by Crippen LogP contribution is -2.36. The lowest BCUT2D eigenvalue weighted by molar-refractivity contribution is 0.0684. The van der Waals surface area contributed by atoms with Gasteiger partial charge in [0.15, 0.2) is 0 Å². The zero-order valence-electron chi connectivity index (χ0n) is 11.6. The van der Waals surface area contributed by atoms with Crippen molar-refractivity contribution < 1.29 is 4.79 Å². The van der Waals surface area contributed by atoms with Gasteiger partial charge in [-0.05, 0) is 43.7 Å². The van der Waals surface area contributed by atoms with Crippen LogP contribution in [0, 0.1) is 0 Å². The van der Waals surface area contributed by atoms with Gasteiger partial charge in [-0.3, -0.25) is 9.78 Å². The van der Waals surface area contributed by atoms with Gasteiger partial charge in [0.05, 0.1) is 0 Å². The van der Waals surface area contributed by atoms with Gasteiger partial charge in [0.2, 0.25) is 0 Å². The molecule has 0 aliphatic heterocycles. The molecule has 0 aliphatic rings. The van der Waals surface area contributed by atoms with Gasteiger partial charge in [-0.25, -0.2) is 0 Å². The Morgan fingerprint density at radius 1 is 1.25 bits per heavy atom. The van der Waals surface area contributed by atoms with Gasteiger partial charge in [-0.1, -0.05) is 29.8 Å². The van der Waals surface area contributed by atoms with Crippen LogP contribution < -0.4 is 0 Å². The van der Waals surface area contributed by atoms with E-state index in [1.807, 2.05) is 44.2 Å². The molecule has 1 aromatic heterocycles. The summed E-state index contributed by atoms with van der Waals surface area (Å²) in [5.41, 5.74) is 1.47. The Balaban J connectivity index is 2.22. The predicted molar refractivity (Wildman–Crippen MR) is 80.7 cm³/mol. The maximum Gasteiger partial charge on any atom is 0.272 e. The summed E-state index contributed by atoms with van der Waals surface area (Å²) in [4.78, 5) is 18.4. The summed E-state index contributed by atoms with van der Waals surface area (Å²) in [6.07, 6.45) is 1.63. The van der Waals surface area contributed by atoms with E-state index in [0.29, 0.717) is 17.3 Å². The zero-order chi connectivity index (χ0) is 14.5. The van der Waals surface area contributed by atoms with Crippen LogP contribution in [0.4, 0.5) is 0 Å². The number of nitrogens with zero attached hydrogens (tertiary/aromatic N) is 2. The molecule has 0 fully saturated rings. The Morgan fingerprint density at radius 2 is 2.05 bits per heavy atom. The van der Waals surface area contributed by atoms with E-state index in [0.717, 1.165) is 5.56 Å². The lowest BCUT2D eigenvalue weighted by Gasteiger charge is -2.26. The van der Waals surface area contributed by atoms with Crippen LogP contribution in [0.1, 0.15) is 29.9 Å². The second-order valence-corrected chi connectivity index (χ2v) is 5.31. The SMILES string of the molecule is CC(C)N(Cc1cccc(Cl)c1)C(=O)c1ccccn1. The number of aromatic nitrogens is 1. The minimum atomic E-state index is -0.0689. The molecule has 20 heavy (non-hydrogen) atoms. The first-order valence-corrected chi connectivity index (χ1v) is 6.92. The number of carbonyl (C=O) groups is 1. The molecule has 0 saturated heterocycles. The van der Waals surface area contributed by atoms with Gasteiger partial charge < -0.3 is 4.90 Å². The van der Waals surface area contributed by atoms with Crippen LogP contribution in [0.15, 0.2) is 48.7 Å². The topological polar surface area (TPSA) is 33.2 Å². The van der Waals surface area contributed by atoms with E-state index in [9.17, 15) is 4.79 Å². The van der Waals surface area contributed by atoms with E-state index in [2.05, 4.69) is 4.98 Å². The number of amides is 1. The number of pyridine rings is 1. The highest BCUT2D eigenvalue weighted by Crippen LogP contribution is 2.15. The first kappa shape index (κ1) is 14.5. The normalized spacial score (nSPS) is 10.6. The van der Waals surface area contributed by atoms with Crippen molar-refractivity contribution in [3.63, 3.8) is 0 Å². The third-order valence-corrected chi connectivity index (χ3v) is 3.25. The van der Waals surface area contributed by atoms with Crippen LogP contribution in [0.3, 0.4) is 0 Å². The second-order valence-electron chi connectivity index (χ2n) is 4.87. The molecule has 2 aromatic rings. The van der Waals surface area contributed by atoms with Crippen molar-refractivity contribution in [1.82, 2.24) is 9.88 Å². The van der Waals surface area contributed by atoms with E-state index in [4.69, 9.17) is 11.6 Å². The fourth-order valence-corrected chi connectivity index (χ4v) is 2.17. The van der Waals surface area contributed by atoms with Crippen LogP contribution in [0.2, 0.25) is 5.02 Å². The quantitative estimate of drug-likeness (QED) is 0.858. The molecule has 2 rings (SSSR count). The van der Waals surface area contributed by atoms with Crippen LogP contribution in [0.25, 0.3) is 0 Å². The van der Waals surface area contributed by atoms with Crippen molar-refractivity contribution in [2.75, 3.05) is 0 Å². The Labute approximate surface area is 124 Å². The lowest BCUT2D eigenvalue weighted by atomic mass is 10.1. The standard InChI is InChI=1S/C16H17ClN2O/c1-12(2)19(11-13-6-5-7-14(17)10-13)16(20)15-8-3-4-9-18-15/h3-10,12H,11H2,1-2H3. The highest BCUT2D eigenvalue weighted by atomic mass is 35.5. The van der Waals surface area contributed by atoms with E-state index in [1.165, 1.54) is 0 Å². The summed E-state index contributed by atoms with van der Waals surface area (Å²) in [6.45, 7) is 4.50. The first-order valence-electron chi connectivity index (χ1n) is 6.54. The molecule has 1 heterocycles. The average Bonchev–Trinajstić information content (AvgIpc) is 2.45. The Bertz CT molecular complexity index is 584. The third-order valence-electron chi connectivity index (χ3n) is 3.01. The van der Waals surface area contributed by atoms with Gasteiger partial charge in [-0.2, -0.15) is 0 Å². The molecule has 0 bridgehead atoms. The van der Waals surface area contributed by atoms with Crippen LogP contribution >= 0.6 is 11.6 Å². The second kappa shape index (κ2) is 6.53. The molecule has 1 amide bonds. The highest BCUT2D eigenvalue weighted by Gasteiger charge is 2.19. The zero-order valence-corrected chi connectivity index (χ0v) is 12.3. The molecule has 4 heteroatoms. The van der Waals surface area contributed by atoms with Gasteiger partial charge in [-0.15, -0.1) is 0 Å². The van der Waals surface area contributed by atoms with Gasteiger partial charge in [0.1, 0.15) is 5.69 Å². The van der Waals surface area contributed by atoms with Crippen LogP contribution in [0.5, 0.6) is 0 Å². The number of rotatable bonds is 4. The molecule has 0 saturated carbocycles. The van der Waals surface area contributed by atoms with Crippen molar-refractivity contribution in [3.8, 4) is 0 Å². The van der Waals surface area contributed by atoms with E-state index in [1.54, 1.807) is 23.2 Å². The number of hydrogen-bond acceptors (Lipinski definition) is 2. The maximum absolute atomic E-state index is 12.5. The summed E-state index contributed by atoms with van der Waals surface area (Å²) >= 11 is 5.99. The highest BCUT2D eigenvalue weighted by molar-refractivity contribution is 6.30. The number of hydrogen-bond donors (Lipinski definition) is 0. The summed E-state index contributed by atoms with van der Waals surface area (Å²) in [7, 11) is 0. The minimum absolute atomic E-state index is 0.0689. The molecule has 104 valence electrons. The van der Waals surface area contributed by atoms with Crippen LogP contribution in [-0.2, 0) is 6.54 Å². The molecule has 1 aromatic carbocycles. The minimum Gasteiger partial charge on any atom is -0.331 e. The molecule has 3 nitrogen and oxygen atoms in total. The van der Waals surface area contributed by atoms with Gasteiger partial charge >= 0.3 is 0 Å². The molecule has 0 spiro atoms. The fraction of sp³-hybridized carbons (Fsp3) is 0.250. The molecule has 0 aliphatic carbocycles. The van der Waals surface area contributed by atoms with Crippen molar-refractivity contribution in [1.29, 1.82) is 0 Å². The Hall–Kier alpha value is -1.87. The largest absolute Gasteiger partial charge is 0.331 e. The summed E-state index contributed by atoms with van der Waals surface area (Å²) in [6, 6.07) is 13.0. The molecule has 0 radical (unpaired) electrons. The van der Waals surface area contributed by atoms with Crippen molar-refractivity contribution in [3.05, 3.63) is 64.9 Å². The number of benzene rings is 1. The molecular weight excluding hydrogens is 272 g/mol. The summed E-state index contributed by atoms with van der Waals surface area (Å²) in [5, 5.41) is 0.677. The molecular formula is C16H17ClN2O. The van der Waals surface area contributed by atoms with Crippen LogP contribution in [-0.4, -0.2) is 21.8 Å². The molecule has 0 atom stereocenters. The Morgan fingerprint density at radius 3 is 2.65 bits per heavy atom. The first-order chi connectivity index (χ1) is 9.58. The maximum atomic E-state index is 12.5. The van der Waals surface area contributed by atoms with Gasteiger partial charge in [0, 0.05) is 23.8 Å². The average molecular weight is 289 g/mol. The smallest absolute Gasteiger partial charge is 0.272 e. The number of halogens is 1. The summed E-state index contributed by atoms with van der Waals surface area (Å²) < 4.78 is 0. The number of carbonyl (C=O) groups excluding carboxylic acids is 1. The van der Waals surface area contributed by atoms with E-state index >= 15 is 0 Å². The molecule has 0 unspecified atom stereocenters. The monoisotopic (exact) mass is 288 g/mol. The van der Waals surface area contributed by atoms with Crippen molar-refractivity contribution >= 4 is 17.5 Å². The van der Waals surface area contributed by atoms with E-state index < -0.39 is 0 Å². The third kappa shape index (κ3) is 3.58. The predicted octanol–water partition coefficient (Wildman–Crippen LogP) is 3.79. The van der Waals surface area contributed by atoms with Crippen molar-refractivity contribution in [2.45, 2.75) is 26.4 Å². The van der Waals surface area contributed by atoms with E-state index in [-0.39, 0.29) is 11.9 Å². The van der Waals surface area contributed by atoms with Crippen molar-refractivity contribution in [2.24, 2.45) is 0 Å². The Kier molecular flexibility index (Phi) is 4.74. The molecule has 0 N–H and O–H groups in total. The summed E-state index contributed by atoms with van der Waals surface area (Å²) in [5.74, 6) is -0.0689. The van der Waals surface area contributed by atoms with Gasteiger partial charge in [0.25, 0.3) is 5.91 Å². The fourth-order valence-electron chi connectivity index (χ4n) is 1.96.